The standard InChI is InChI=1S/C24H25N5O2/c1-14-7-6-8-20-15(2)9-21(26-24(14)20)29-22(10-16(3)27-29)25-23(31)13-28-17(4)11-19(30)12-18(28)5/h6-12H,13H2,1-5H3,(H,25,31). The maximum absolute atomic E-state index is 12.8. The Balaban J connectivity index is 1.69. The van der Waals surface area contributed by atoms with Gasteiger partial charge in [-0.3, -0.25) is 9.59 Å². The molecule has 1 amide bonds. The smallest absolute Gasteiger partial charge is 0.245 e. The van der Waals surface area contributed by atoms with E-state index >= 15 is 0 Å². The van der Waals surface area contributed by atoms with Crippen LogP contribution in [0.1, 0.15) is 28.2 Å². The summed E-state index contributed by atoms with van der Waals surface area (Å²) >= 11 is 0. The van der Waals surface area contributed by atoms with E-state index in [-0.39, 0.29) is 17.9 Å². The van der Waals surface area contributed by atoms with Crippen molar-refractivity contribution in [3.05, 3.63) is 80.9 Å². The molecule has 1 N–H and O–H groups in total. The first-order chi connectivity index (χ1) is 14.7. The first-order valence-corrected chi connectivity index (χ1v) is 10.1. The molecule has 0 unspecified atom stereocenters. The lowest BCUT2D eigenvalue weighted by molar-refractivity contribution is -0.116. The number of hydrogen-bond donors (Lipinski definition) is 1. The number of aromatic nitrogens is 4. The van der Waals surface area contributed by atoms with Crippen LogP contribution in [0, 0.1) is 34.6 Å². The van der Waals surface area contributed by atoms with Crippen molar-refractivity contribution < 1.29 is 4.79 Å². The summed E-state index contributed by atoms with van der Waals surface area (Å²) < 4.78 is 3.48. The minimum atomic E-state index is -0.204. The fraction of sp³-hybridized carbons (Fsp3) is 0.250. The number of carbonyl (C=O) groups excluding carboxylic acids is 1. The Labute approximate surface area is 180 Å². The van der Waals surface area contributed by atoms with E-state index in [4.69, 9.17) is 4.98 Å². The highest BCUT2D eigenvalue weighted by atomic mass is 16.2. The van der Waals surface area contributed by atoms with Crippen molar-refractivity contribution in [2.24, 2.45) is 0 Å². The summed E-state index contributed by atoms with van der Waals surface area (Å²) in [5.74, 6) is 1.00. The van der Waals surface area contributed by atoms with Gasteiger partial charge in [0.25, 0.3) is 0 Å². The van der Waals surface area contributed by atoms with Crippen molar-refractivity contribution >= 4 is 22.6 Å². The van der Waals surface area contributed by atoms with Crippen LogP contribution in [0.2, 0.25) is 0 Å². The molecule has 7 heteroatoms. The SMILES string of the molecule is Cc1cc(NC(=O)Cn2c(C)cc(=O)cc2C)n(-c2cc(C)c3cccc(C)c3n2)n1. The van der Waals surface area contributed by atoms with Crippen LogP contribution in [0.4, 0.5) is 5.82 Å². The van der Waals surface area contributed by atoms with Gasteiger partial charge in [0.05, 0.1) is 11.2 Å². The molecule has 0 aliphatic carbocycles. The predicted molar refractivity (Wildman–Crippen MR) is 122 cm³/mol. The number of nitrogens with zero attached hydrogens (tertiary/aromatic N) is 4. The second kappa shape index (κ2) is 7.83. The molecule has 0 saturated heterocycles. The van der Waals surface area contributed by atoms with E-state index in [1.54, 1.807) is 4.68 Å². The molecule has 0 aliphatic rings. The lowest BCUT2D eigenvalue weighted by Crippen LogP contribution is -2.24. The maximum atomic E-state index is 12.8. The van der Waals surface area contributed by atoms with Gasteiger partial charge in [-0.1, -0.05) is 18.2 Å². The van der Waals surface area contributed by atoms with Crippen molar-refractivity contribution in [2.45, 2.75) is 41.2 Å². The predicted octanol–water partition coefficient (Wildman–Crippen LogP) is 3.76. The third kappa shape index (κ3) is 3.99. The quantitative estimate of drug-likeness (QED) is 0.550. The topological polar surface area (TPSA) is 81.8 Å². The van der Waals surface area contributed by atoms with Crippen LogP contribution in [0.15, 0.2) is 47.3 Å². The van der Waals surface area contributed by atoms with E-state index in [0.717, 1.165) is 39.1 Å². The van der Waals surface area contributed by atoms with Crippen LogP contribution in [0.25, 0.3) is 16.7 Å². The largest absolute Gasteiger partial charge is 0.340 e. The molecule has 3 heterocycles. The van der Waals surface area contributed by atoms with Crippen LogP contribution in [0.5, 0.6) is 0 Å². The number of carbonyl (C=O) groups is 1. The number of hydrogen-bond acceptors (Lipinski definition) is 4. The van der Waals surface area contributed by atoms with Crippen molar-refractivity contribution in [1.29, 1.82) is 0 Å². The molecular formula is C24H25N5O2. The Kier molecular flexibility index (Phi) is 5.19. The van der Waals surface area contributed by atoms with Crippen molar-refractivity contribution in [1.82, 2.24) is 19.3 Å². The van der Waals surface area contributed by atoms with Crippen molar-refractivity contribution in [3.8, 4) is 5.82 Å². The number of benzene rings is 1. The van der Waals surface area contributed by atoms with Crippen molar-refractivity contribution in [2.75, 3.05) is 5.32 Å². The maximum Gasteiger partial charge on any atom is 0.245 e. The summed E-state index contributed by atoms with van der Waals surface area (Å²) in [4.78, 5) is 29.3. The van der Waals surface area contributed by atoms with Gasteiger partial charge in [0, 0.05) is 35.0 Å². The van der Waals surface area contributed by atoms with Gasteiger partial charge in [-0.05, 0) is 51.8 Å². The van der Waals surface area contributed by atoms with E-state index in [9.17, 15) is 9.59 Å². The number of anilines is 1. The molecular weight excluding hydrogens is 390 g/mol. The number of pyridine rings is 2. The fourth-order valence-electron chi connectivity index (χ4n) is 3.88. The Morgan fingerprint density at radius 1 is 0.968 bits per heavy atom. The van der Waals surface area contributed by atoms with Crippen LogP contribution >= 0.6 is 0 Å². The number of aryl methyl sites for hydroxylation is 5. The summed E-state index contributed by atoms with van der Waals surface area (Å²) in [6.07, 6.45) is 0. The Bertz CT molecular complexity index is 1350. The number of para-hydroxylation sites is 1. The van der Waals surface area contributed by atoms with E-state index in [1.807, 2.05) is 63.5 Å². The van der Waals surface area contributed by atoms with Gasteiger partial charge in [-0.25, -0.2) is 4.98 Å². The molecule has 4 aromatic rings. The van der Waals surface area contributed by atoms with E-state index in [0.29, 0.717) is 11.6 Å². The fourth-order valence-corrected chi connectivity index (χ4v) is 3.88. The summed E-state index contributed by atoms with van der Waals surface area (Å²) in [5, 5.41) is 8.61. The third-order valence-electron chi connectivity index (χ3n) is 5.41. The van der Waals surface area contributed by atoms with Gasteiger partial charge in [-0.2, -0.15) is 9.78 Å². The minimum absolute atomic E-state index is 0.0617. The summed E-state index contributed by atoms with van der Waals surface area (Å²) in [5.41, 5.74) is 5.29. The summed E-state index contributed by atoms with van der Waals surface area (Å²) in [6.45, 7) is 9.70. The molecule has 0 aliphatic heterocycles. The first-order valence-electron chi connectivity index (χ1n) is 10.1. The Morgan fingerprint density at radius 2 is 1.68 bits per heavy atom. The van der Waals surface area contributed by atoms with Gasteiger partial charge in [0.15, 0.2) is 11.2 Å². The van der Waals surface area contributed by atoms with Gasteiger partial charge in [-0.15, -0.1) is 0 Å². The highest BCUT2D eigenvalue weighted by Crippen LogP contribution is 2.24. The first kappa shape index (κ1) is 20.5. The van der Waals surface area contributed by atoms with Crippen molar-refractivity contribution in [3.63, 3.8) is 0 Å². The number of nitrogens with one attached hydrogen (secondary N) is 1. The Hall–Kier alpha value is -3.74. The third-order valence-corrected chi connectivity index (χ3v) is 5.41. The van der Waals surface area contributed by atoms with E-state index in [1.165, 1.54) is 12.1 Å². The van der Waals surface area contributed by atoms with Gasteiger partial charge < -0.3 is 9.88 Å². The molecule has 0 radical (unpaired) electrons. The van der Waals surface area contributed by atoms with Gasteiger partial charge in [0.2, 0.25) is 5.91 Å². The second-order valence-electron chi connectivity index (χ2n) is 7.96. The average molecular weight is 415 g/mol. The number of fused-ring (bicyclic) bond motifs is 1. The molecule has 0 spiro atoms. The molecule has 158 valence electrons. The molecule has 3 aromatic heterocycles. The molecule has 0 saturated carbocycles. The zero-order valence-corrected chi connectivity index (χ0v) is 18.4. The highest BCUT2D eigenvalue weighted by Gasteiger charge is 2.15. The van der Waals surface area contributed by atoms with E-state index in [2.05, 4.69) is 16.5 Å². The van der Waals surface area contributed by atoms with Crippen LogP contribution < -0.4 is 10.7 Å². The van der Waals surface area contributed by atoms with Gasteiger partial charge >= 0.3 is 0 Å². The molecule has 0 fully saturated rings. The monoisotopic (exact) mass is 415 g/mol. The minimum Gasteiger partial charge on any atom is -0.340 e. The molecule has 0 atom stereocenters. The lowest BCUT2D eigenvalue weighted by atomic mass is 10.1. The molecule has 4 rings (SSSR count). The van der Waals surface area contributed by atoms with Crippen LogP contribution in [-0.2, 0) is 11.3 Å². The zero-order valence-electron chi connectivity index (χ0n) is 18.4. The molecule has 1 aromatic carbocycles. The summed E-state index contributed by atoms with van der Waals surface area (Å²) in [6, 6.07) is 13.0. The molecule has 0 bridgehead atoms. The van der Waals surface area contributed by atoms with Gasteiger partial charge in [0.1, 0.15) is 12.4 Å². The average Bonchev–Trinajstić information content (AvgIpc) is 3.05. The normalized spacial score (nSPS) is 11.1. The van der Waals surface area contributed by atoms with Crippen LogP contribution in [0.3, 0.4) is 0 Å². The lowest BCUT2D eigenvalue weighted by Gasteiger charge is -2.15. The van der Waals surface area contributed by atoms with Crippen LogP contribution in [-0.4, -0.2) is 25.2 Å². The zero-order chi connectivity index (χ0) is 22.3. The van der Waals surface area contributed by atoms with E-state index < -0.39 is 0 Å². The molecule has 7 nitrogen and oxygen atoms in total. The number of amides is 1. The molecule has 31 heavy (non-hydrogen) atoms. The highest BCUT2D eigenvalue weighted by molar-refractivity contribution is 5.90. The second-order valence-corrected chi connectivity index (χ2v) is 7.96. The number of rotatable bonds is 4. The Morgan fingerprint density at radius 3 is 2.39 bits per heavy atom. The summed E-state index contributed by atoms with van der Waals surface area (Å²) in [7, 11) is 0.